The first-order valence-electron chi connectivity index (χ1n) is 7.30. The minimum absolute atomic E-state index is 0.153. The van der Waals surface area contributed by atoms with Gasteiger partial charge in [0, 0.05) is 0 Å². The first-order valence-corrected chi connectivity index (χ1v) is 8.05. The Balaban J connectivity index is 1.62. The number of oxazole rings is 1. The summed E-state index contributed by atoms with van der Waals surface area (Å²) in [6, 6.07) is 12.6. The molecular weight excluding hydrogens is 349 g/mol. The zero-order chi connectivity index (χ0) is 17.1. The van der Waals surface area contributed by atoms with Gasteiger partial charge in [0.25, 0.3) is 0 Å². The van der Waals surface area contributed by atoms with Crippen LogP contribution in [-0.2, 0) is 11.3 Å². The van der Waals surface area contributed by atoms with Crippen LogP contribution in [0.5, 0.6) is 0 Å². The molecule has 0 saturated heterocycles. The van der Waals surface area contributed by atoms with Crippen molar-refractivity contribution >= 4 is 45.9 Å². The molecule has 0 spiro atoms. The van der Waals surface area contributed by atoms with Gasteiger partial charge in [0.15, 0.2) is 5.58 Å². The average Bonchev–Trinajstić information content (AvgIpc) is 2.93. The summed E-state index contributed by atoms with van der Waals surface area (Å²) in [5, 5.41) is 3.53. The lowest BCUT2D eigenvalue weighted by atomic mass is 10.3. The van der Waals surface area contributed by atoms with Crippen LogP contribution in [0.2, 0.25) is 10.0 Å². The molecule has 3 rings (SSSR count). The molecule has 0 aliphatic heterocycles. The normalized spacial score (nSPS) is 11.2. The van der Waals surface area contributed by atoms with Crippen LogP contribution in [0.15, 0.2) is 46.9 Å². The van der Waals surface area contributed by atoms with Crippen LogP contribution in [0.3, 0.4) is 0 Å². The van der Waals surface area contributed by atoms with Gasteiger partial charge in [-0.05, 0) is 31.3 Å². The van der Waals surface area contributed by atoms with Crippen molar-refractivity contribution in [2.45, 2.75) is 6.54 Å². The number of halogens is 2. The van der Waals surface area contributed by atoms with E-state index >= 15 is 0 Å². The summed E-state index contributed by atoms with van der Waals surface area (Å²) < 4.78 is 5.65. The highest BCUT2D eigenvalue weighted by atomic mass is 35.5. The topological polar surface area (TPSA) is 58.4 Å². The number of carbonyl (C=O) groups is 1. The Hall–Kier alpha value is -2.08. The molecular formula is C17H15Cl2N3O2. The van der Waals surface area contributed by atoms with Gasteiger partial charge in [-0.25, -0.2) is 4.98 Å². The van der Waals surface area contributed by atoms with E-state index < -0.39 is 0 Å². The molecule has 124 valence electrons. The Morgan fingerprint density at radius 3 is 2.58 bits per heavy atom. The number of hydrogen-bond donors (Lipinski definition) is 1. The van der Waals surface area contributed by atoms with Gasteiger partial charge in [-0.3, -0.25) is 9.69 Å². The highest BCUT2D eigenvalue weighted by molar-refractivity contribution is 6.39. The molecule has 1 heterocycles. The van der Waals surface area contributed by atoms with E-state index in [0.717, 1.165) is 11.1 Å². The van der Waals surface area contributed by atoms with Gasteiger partial charge in [-0.1, -0.05) is 41.4 Å². The second kappa shape index (κ2) is 7.21. The quantitative estimate of drug-likeness (QED) is 0.737. The SMILES string of the molecule is CN(CC(=O)Nc1c(Cl)cccc1Cl)Cc1nc2ccccc2o1. The molecule has 1 amide bonds. The van der Waals surface area contributed by atoms with Crippen molar-refractivity contribution in [1.29, 1.82) is 0 Å². The maximum Gasteiger partial charge on any atom is 0.238 e. The Morgan fingerprint density at radius 2 is 1.88 bits per heavy atom. The maximum atomic E-state index is 12.2. The smallest absolute Gasteiger partial charge is 0.238 e. The third kappa shape index (κ3) is 3.87. The number of anilines is 1. The second-order valence-electron chi connectivity index (χ2n) is 5.39. The number of para-hydroxylation sites is 3. The van der Waals surface area contributed by atoms with E-state index in [9.17, 15) is 4.79 Å². The van der Waals surface area contributed by atoms with Gasteiger partial charge in [0.1, 0.15) is 5.52 Å². The van der Waals surface area contributed by atoms with Crippen molar-refractivity contribution in [2.75, 3.05) is 18.9 Å². The Kier molecular flexibility index (Phi) is 5.04. The molecule has 1 aromatic heterocycles. The number of carbonyl (C=O) groups excluding carboxylic acids is 1. The number of nitrogens with one attached hydrogen (secondary N) is 1. The van der Waals surface area contributed by atoms with Crippen LogP contribution < -0.4 is 5.32 Å². The summed E-state index contributed by atoms with van der Waals surface area (Å²) in [5.74, 6) is 0.339. The summed E-state index contributed by atoms with van der Waals surface area (Å²) >= 11 is 12.1. The van der Waals surface area contributed by atoms with Crippen LogP contribution in [-0.4, -0.2) is 29.4 Å². The Bertz CT molecular complexity index is 826. The lowest BCUT2D eigenvalue weighted by Crippen LogP contribution is -2.30. The summed E-state index contributed by atoms with van der Waals surface area (Å²) in [5.41, 5.74) is 1.95. The molecule has 0 unspecified atom stereocenters. The molecule has 7 heteroatoms. The first kappa shape index (κ1) is 16.8. The van der Waals surface area contributed by atoms with Gasteiger partial charge in [-0.2, -0.15) is 0 Å². The predicted octanol–water partition coefficient (Wildman–Crippen LogP) is 4.21. The largest absolute Gasteiger partial charge is 0.439 e. The van der Waals surface area contributed by atoms with E-state index in [1.807, 2.05) is 31.3 Å². The maximum absolute atomic E-state index is 12.2. The molecule has 0 radical (unpaired) electrons. The Morgan fingerprint density at radius 1 is 1.17 bits per heavy atom. The standard InChI is InChI=1S/C17H15Cl2N3O2/c1-22(10-16-20-13-7-2-3-8-14(13)24-16)9-15(23)21-17-11(18)5-4-6-12(17)19/h2-8H,9-10H2,1H3,(H,21,23). The summed E-state index contributed by atoms with van der Waals surface area (Å²) in [7, 11) is 1.81. The fraction of sp³-hybridized carbons (Fsp3) is 0.176. The fourth-order valence-electron chi connectivity index (χ4n) is 2.32. The minimum Gasteiger partial charge on any atom is -0.439 e. The van der Waals surface area contributed by atoms with Crippen LogP contribution in [0, 0.1) is 0 Å². The van der Waals surface area contributed by atoms with E-state index in [0.29, 0.717) is 28.2 Å². The fourth-order valence-corrected chi connectivity index (χ4v) is 2.81. The molecule has 0 atom stereocenters. The van der Waals surface area contributed by atoms with E-state index in [-0.39, 0.29) is 12.5 Å². The summed E-state index contributed by atoms with van der Waals surface area (Å²) in [6.07, 6.45) is 0. The van der Waals surface area contributed by atoms with Gasteiger partial charge < -0.3 is 9.73 Å². The predicted molar refractivity (Wildman–Crippen MR) is 95.4 cm³/mol. The van der Waals surface area contributed by atoms with Crippen molar-refractivity contribution in [3.63, 3.8) is 0 Å². The number of fused-ring (bicyclic) bond motifs is 1. The van der Waals surface area contributed by atoms with Crippen LogP contribution in [0.4, 0.5) is 5.69 Å². The molecule has 0 fully saturated rings. The van der Waals surface area contributed by atoms with Gasteiger partial charge in [0.05, 0.1) is 28.8 Å². The third-order valence-corrected chi connectivity index (χ3v) is 4.01. The highest BCUT2D eigenvalue weighted by Crippen LogP contribution is 2.29. The van der Waals surface area contributed by atoms with Gasteiger partial charge in [0.2, 0.25) is 11.8 Å². The Labute approximate surface area is 149 Å². The van der Waals surface area contributed by atoms with E-state index in [2.05, 4.69) is 10.3 Å². The molecule has 0 aliphatic rings. The van der Waals surface area contributed by atoms with Crippen molar-refractivity contribution in [1.82, 2.24) is 9.88 Å². The molecule has 0 aliphatic carbocycles. The minimum atomic E-state index is -0.219. The highest BCUT2D eigenvalue weighted by Gasteiger charge is 2.14. The molecule has 1 N–H and O–H groups in total. The van der Waals surface area contributed by atoms with Gasteiger partial charge >= 0.3 is 0 Å². The number of amides is 1. The zero-order valence-electron chi connectivity index (χ0n) is 12.9. The van der Waals surface area contributed by atoms with E-state index in [1.54, 1.807) is 23.1 Å². The van der Waals surface area contributed by atoms with Crippen molar-refractivity contribution in [2.24, 2.45) is 0 Å². The summed E-state index contributed by atoms with van der Waals surface area (Å²) in [4.78, 5) is 18.4. The molecule has 3 aromatic rings. The van der Waals surface area contributed by atoms with Crippen molar-refractivity contribution in [3.8, 4) is 0 Å². The van der Waals surface area contributed by atoms with Crippen LogP contribution in [0.1, 0.15) is 5.89 Å². The zero-order valence-corrected chi connectivity index (χ0v) is 14.4. The molecule has 2 aromatic carbocycles. The lowest BCUT2D eigenvalue weighted by Gasteiger charge is -2.15. The van der Waals surface area contributed by atoms with E-state index in [4.69, 9.17) is 27.6 Å². The number of likely N-dealkylation sites (N-methyl/N-ethyl adjacent to an activating group) is 1. The summed E-state index contributed by atoms with van der Waals surface area (Å²) in [6.45, 7) is 0.568. The molecule has 24 heavy (non-hydrogen) atoms. The number of rotatable bonds is 5. The van der Waals surface area contributed by atoms with Crippen molar-refractivity contribution < 1.29 is 9.21 Å². The molecule has 5 nitrogen and oxygen atoms in total. The van der Waals surface area contributed by atoms with Gasteiger partial charge in [-0.15, -0.1) is 0 Å². The molecule has 0 saturated carbocycles. The van der Waals surface area contributed by atoms with Crippen molar-refractivity contribution in [3.05, 3.63) is 58.4 Å². The van der Waals surface area contributed by atoms with Crippen LogP contribution in [0.25, 0.3) is 11.1 Å². The first-order chi connectivity index (χ1) is 11.5. The second-order valence-corrected chi connectivity index (χ2v) is 6.21. The number of hydrogen-bond acceptors (Lipinski definition) is 4. The third-order valence-electron chi connectivity index (χ3n) is 3.38. The lowest BCUT2D eigenvalue weighted by molar-refractivity contribution is -0.117. The van der Waals surface area contributed by atoms with Crippen LogP contribution >= 0.6 is 23.2 Å². The molecule has 0 bridgehead atoms. The number of benzene rings is 2. The number of nitrogens with zero attached hydrogens (tertiary/aromatic N) is 2. The monoisotopic (exact) mass is 363 g/mol. The number of aromatic nitrogens is 1. The average molecular weight is 364 g/mol. The van der Waals surface area contributed by atoms with E-state index in [1.165, 1.54) is 0 Å².